The van der Waals surface area contributed by atoms with Crippen LogP contribution in [-0.4, -0.2) is 17.4 Å². The van der Waals surface area contributed by atoms with Crippen molar-refractivity contribution in [1.82, 2.24) is 5.32 Å². The SMILES string of the molecule is CC(=O)NCC=Cc1cc(F)cc([N+](=O)[O-])c1. The van der Waals surface area contributed by atoms with E-state index in [4.69, 9.17) is 0 Å². The maximum Gasteiger partial charge on any atom is 0.272 e. The number of halogens is 1. The number of hydrogen-bond donors (Lipinski definition) is 1. The molecule has 6 heteroatoms. The van der Waals surface area contributed by atoms with Gasteiger partial charge in [0.25, 0.3) is 5.69 Å². The van der Waals surface area contributed by atoms with Gasteiger partial charge in [0.05, 0.1) is 11.0 Å². The summed E-state index contributed by atoms with van der Waals surface area (Å²) in [6.45, 7) is 1.67. The van der Waals surface area contributed by atoms with Crippen molar-refractivity contribution in [2.75, 3.05) is 6.54 Å². The van der Waals surface area contributed by atoms with Crippen molar-refractivity contribution in [2.45, 2.75) is 6.92 Å². The van der Waals surface area contributed by atoms with E-state index in [1.54, 1.807) is 6.08 Å². The van der Waals surface area contributed by atoms with Crippen molar-refractivity contribution in [3.8, 4) is 0 Å². The summed E-state index contributed by atoms with van der Waals surface area (Å²) in [6.07, 6.45) is 3.09. The van der Waals surface area contributed by atoms with Gasteiger partial charge in [-0.05, 0) is 11.6 Å². The maximum absolute atomic E-state index is 13.0. The Kier molecular flexibility index (Phi) is 4.33. The molecule has 0 bridgehead atoms. The molecule has 1 rings (SSSR count). The molecule has 0 spiro atoms. The second-order valence-electron chi connectivity index (χ2n) is 3.34. The molecule has 0 aliphatic rings. The van der Waals surface area contributed by atoms with Crippen molar-refractivity contribution in [3.05, 3.63) is 45.8 Å². The van der Waals surface area contributed by atoms with E-state index in [1.807, 2.05) is 0 Å². The Balaban J connectivity index is 2.77. The van der Waals surface area contributed by atoms with E-state index in [1.165, 1.54) is 25.1 Å². The summed E-state index contributed by atoms with van der Waals surface area (Å²) in [6, 6.07) is 3.29. The highest BCUT2D eigenvalue weighted by Crippen LogP contribution is 2.17. The molecule has 1 amide bonds. The van der Waals surface area contributed by atoms with Crippen LogP contribution in [0.5, 0.6) is 0 Å². The first kappa shape index (κ1) is 12.8. The lowest BCUT2D eigenvalue weighted by molar-refractivity contribution is -0.385. The van der Waals surface area contributed by atoms with Gasteiger partial charge < -0.3 is 5.32 Å². The van der Waals surface area contributed by atoms with Crippen molar-refractivity contribution in [1.29, 1.82) is 0 Å². The summed E-state index contributed by atoms with van der Waals surface area (Å²) in [5.41, 5.74) is 0.0752. The van der Waals surface area contributed by atoms with Crippen LogP contribution >= 0.6 is 0 Å². The smallest absolute Gasteiger partial charge is 0.272 e. The fourth-order valence-electron chi connectivity index (χ4n) is 1.20. The van der Waals surface area contributed by atoms with E-state index in [0.717, 1.165) is 6.07 Å². The molecular weight excluding hydrogens is 227 g/mol. The van der Waals surface area contributed by atoms with Crippen molar-refractivity contribution in [3.63, 3.8) is 0 Å². The van der Waals surface area contributed by atoms with Gasteiger partial charge >= 0.3 is 0 Å². The van der Waals surface area contributed by atoms with E-state index in [0.29, 0.717) is 12.1 Å². The summed E-state index contributed by atoms with van der Waals surface area (Å²) in [5.74, 6) is -0.849. The summed E-state index contributed by atoms with van der Waals surface area (Å²) in [4.78, 5) is 20.4. The molecule has 0 saturated carbocycles. The van der Waals surface area contributed by atoms with Crippen LogP contribution in [0.15, 0.2) is 24.3 Å². The van der Waals surface area contributed by atoms with E-state index in [2.05, 4.69) is 5.32 Å². The van der Waals surface area contributed by atoms with Crippen LogP contribution in [-0.2, 0) is 4.79 Å². The highest BCUT2D eigenvalue weighted by molar-refractivity contribution is 5.73. The average molecular weight is 238 g/mol. The van der Waals surface area contributed by atoms with Gasteiger partial charge in [0.2, 0.25) is 5.91 Å². The number of non-ortho nitro benzene ring substituents is 1. The predicted molar refractivity (Wildman–Crippen MR) is 60.8 cm³/mol. The molecule has 0 aliphatic heterocycles. The first-order valence-electron chi connectivity index (χ1n) is 4.85. The lowest BCUT2D eigenvalue weighted by Crippen LogP contribution is -2.19. The molecule has 1 aromatic rings. The minimum absolute atomic E-state index is 0.181. The molecule has 1 aromatic carbocycles. The topological polar surface area (TPSA) is 72.2 Å². The Hall–Kier alpha value is -2.24. The Morgan fingerprint density at radius 3 is 2.82 bits per heavy atom. The van der Waals surface area contributed by atoms with E-state index in [-0.39, 0.29) is 11.6 Å². The van der Waals surface area contributed by atoms with Gasteiger partial charge in [-0.25, -0.2) is 4.39 Å². The Labute approximate surface area is 97.1 Å². The van der Waals surface area contributed by atoms with Crippen LogP contribution in [0.1, 0.15) is 12.5 Å². The number of rotatable bonds is 4. The number of carbonyl (C=O) groups is 1. The monoisotopic (exact) mass is 238 g/mol. The highest BCUT2D eigenvalue weighted by Gasteiger charge is 2.07. The normalized spacial score (nSPS) is 10.5. The lowest BCUT2D eigenvalue weighted by Gasteiger charge is -1.97. The first-order chi connectivity index (χ1) is 7.99. The Morgan fingerprint density at radius 1 is 1.53 bits per heavy atom. The second kappa shape index (κ2) is 5.74. The van der Waals surface area contributed by atoms with Crippen LogP contribution in [0.25, 0.3) is 6.08 Å². The maximum atomic E-state index is 13.0. The predicted octanol–water partition coefficient (Wildman–Crippen LogP) is 1.88. The molecule has 0 heterocycles. The van der Waals surface area contributed by atoms with Crippen LogP contribution < -0.4 is 5.32 Å². The lowest BCUT2D eigenvalue weighted by atomic mass is 10.2. The number of hydrogen-bond acceptors (Lipinski definition) is 3. The summed E-state index contributed by atoms with van der Waals surface area (Å²) < 4.78 is 13.0. The molecule has 5 nitrogen and oxygen atoms in total. The zero-order valence-corrected chi connectivity index (χ0v) is 9.14. The number of amides is 1. The van der Waals surface area contributed by atoms with Gasteiger partial charge in [-0.15, -0.1) is 0 Å². The molecule has 1 N–H and O–H groups in total. The molecular formula is C11H11FN2O3. The Bertz CT molecular complexity index is 472. The number of nitro benzene ring substituents is 1. The van der Waals surface area contributed by atoms with Crippen LogP contribution in [0.2, 0.25) is 0 Å². The van der Waals surface area contributed by atoms with Gasteiger partial charge in [0.15, 0.2) is 0 Å². The zero-order chi connectivity index (χ0) is 12.8. The van der Waals surface area contributed by atoms with Crippen LogP contribution in [0.4, 0.5) is 10.1 Å². The van der Waals surface area contributed by atoms with Crippen LogP contribution in [0.3, 0.4) is 0 Å². The zero-order valence-electron chi connectivity index (χ0n) is 9.14. The number of nitrogens with zero attached hydrogens (tertiary/aromatic N) is 1. The molecule has 0 aromatic heterocycles. The van der Waals surface area contributed by atoms with Crippen molar-refractivity contribution >= 4 is 17.7 Å². The quantitative estimate of drug-likeness (QED) is 0.643. The number of nitrogens with one attached hydrogen (secondary N) is 1. The number of benzene rings is 1. The summed E-state index contributed by atoms with van der Waals surface area (Å²) in [7, 11) is 0. The van der Waals surface area contributed by atoms with Gasteiger partial charge in [0, 0.05) is 19.5 Å². The van der Waals surface area contributed by atoms with Gasteiger partial charge in [-0.2, -0.15) is 0 Å². The average Bonchev–Trinajstić information content (AvgIpc) is 2.23. The number of carbonyl (C=O) groups excluding carboxylic acids is 1. The summed E-state index contributed by atoms with van der Waals surface area (Å²) >= 11 is 0. The van der Waals surface area contributed by atoms with E-state index in [9.17, 15) is 19.3 Å². The second-order valence-corrected chi connectivity index (χ2v) is 3.34. The first-order valence-corrected chi connectivity index (χ1v) is 4.85. The molecule has 0 aliphatic carbocycles. The fourth-order valence-corrected chi connectivity index (χ4v) is 1.20. The molecule has 0 fully saturated rings. The highest BCUT2D eigenvalue weighted by atomic mass is 19.1. The van der Waals surface area contributed by atoms with Gasteiger partial charge in [-0.3, -0.25) is 14.9 Å². The molecule has 0 unspecified atom stereocenters. The molecule has 0 saturated heterocycles. The minimum Gasteiger partial charge on any atom is -0.353 e. The molecule has 0 atom stereocenters. The Morgan fingerprint density at radius 2 is 2.24 bits per heavy atom. The van der Waals surface area contributed by atoms with Gasteiger partial charge in [0.1, 0.15) is 5.82 Å². The largest absolute Gasteiger partial charge is 0.353 e. The molecule has 17 heavy (non-hydrogen) atoms. The van der Waals surface area contributed by atoms with Gasteiger partial charge in [-0.1, -0.05) is 12.2 Å². The number of nitro groups is 1. The van der Waals surface area contributed by atoms with E-state index < -0.39 is 10.7 Å². The third-order valence-corrected chi connectivity index (χ3v) is 1.89. The van der Waals surface area contributed by atoms with E-state index >= 15 is 0 Å². The minimum atomic E-state index is -0.668. The van der Waals surface area contributed by atoms with Crippen molar-refractivity contribution in [2.24, 2.45) is 0 Å². The van der Waals surface area contributed by atoms with Crippen LogP contribution in [0, 0.1) is 15.9 Å². The third kappa shape index (κ3) is 4.42. The summed E-state index contributed by atoms with van der Waals surface area (Å²) in [5, 5.41) is 13.0. The molecule has 90 valence electrons. The fraction of sp³-hybridized carbons (Fsp3) is 0.182. The van der Waals surface area contributed by atoms with Crippen molar-refractivity contribution < 1.29 is 14.1 Å². The molecule has 0 radical (unpaired) electrons. The standard InChI is InChI=1S/C11H11FN2O3/c1-8(15)13-4-2-3-9-5-10(12)7-11(6-9)14(16)17/h2-3,5-7H,4H2,1H3,(H,13,15). The third-order valence-electron chi connectivity index (χ3n) is 1.89.